The Morgan fingerprint density at radius 3 is 2.61 bits per heavy atom. The van der Waals surface area contributed by atoms with Crippen molar-refractivity contribution in [2.45, 2.75) is 19.2 Å². The molecule has 0 heterocycles. The van der Waals surface area contributed by atoms with E-state index in [0.29, 0.717) is 0 Å². The maximum atomic E-state index is 12.1. The number of alkyl halides is 3. The third-order valence-corrected chi connectivity index (χ3v) is 2.44. The zero-order chi connectivity index (χ0) is 17.5. The van der Waals surface area contributed by atoms with Gasteiger partial charge in [0.1, 0.15) is 11.8 Å². The summed E-state index contributed by atoms with van der Waals surface area (Å²) in [7, 11) is 0. The van der Waals surface area contributed by atoms with Crippen LogP contribution in [0.2, 0.25) is 0 Å². The molecule has 7 nitrogen and oxygen atoms in total. The summed E-state index contributed by atoms with van der Waals surface area (Å²) >= 11 is 0. The number of carboxylic acid groups (broad SMARTS) is 1. The largest absolute Gasteiger partial charge is 0.573 e. The molecule has 1 aromatic carbocycles. The van der Waals surface area contributed by atoms with Gasteiger partial charge < -0.3 is 20.5 Å². The van der Waals surface area contributed by atoms with Crippen LogP contribution >= 0.6 is 0 Å². The van der Waals surface area contributed by atoms with Crippen molar-refractivity contribution in [3.8, 4) is 11.8 Å². The van der Waals surface area contributed by atoms with Gasteiger partial charge in [0.2, 0.25) is 0 Å². The Kier molecular flexibility index (Phi) is 6.20. The van der Waals surface area contributed by atoms with Crippen molar-refractivity contribution < 1.29 is 32.6 Å². The SMILES string of the molecule is N#Cc1cc(NC(=O)NCCCC(=O)O)ccc1OC(F)(F)F. The lowest BCUT2D eigenvalue weighted by Gasteiger charge is -2.12. The molecule has 1 rings (SSSR count). The molecule has 0 fully saturated rings. The van der Waals surface area contributed by atoms with Gasteiger partial charge >= 0.3 is 18.4 Å². The molecule has 0 aliphatic heterocycles. The molecule has 0 aliphatic rings. The van der Waals surface area contributed by atoms with Crippen LogP contribution < -0.4 is 15.4 Å². The molecule has 23 heavy (non-hydrogen) atoms. The lowest BCUT2D eigenvalue weighted by Crippen LogP contribution is -2.29. The highest BCUT2D eigenvalue weighted by Crippen LogP contribution is 2.28. The molecule has 0 saturated carbocycles. The number of nitriles is 1. The fourth-order valence-electron chi connectivity index (χ4n) is 1.53. The first-order valence-electron chi connectivity index (χ1n) is 6.28. The van der Waals surface area contributed by atoms with Crippen molar-refractivity contribution in [3.05, 3.63) is 23.8 Å². The molecule has 0 aromatic heterocycles. The number of halogens is 3. The predicted molar refractivity (Wildman–Crippen MR) is 71.7 cm³/mol. The summed E-state index contributed by atoms with van der Waals surface area (Å²) in [6.07, 6.45) is -4.81. The molecular weight excluding hydrogens is 319 g/mol. The first-order chi connectivity index (χ1) is 10.7. The van der Waals surface area contributed by atoms with Gasteiger partial charge in [0, 0.05) is 18.7 Å². The van der Waals surface area contributed by atoms with E-state index in [1.807, 2.05) is 0 Å². The van der Waals surface area contributed by atoms with Crippen LogP contribution in [0.4, 0.5) is 23.7 Å². The Balaban J connectivity index is 2.63. The van der Waals surface area contributed by atoms with Gasteiger partial charge in [0.05, 0.1) is 5.56 Å². The Bertz CT molecular complexity index is 626. The summed E-state index contributed by atoms with van der Waals surface area (Å²) in [4.78, 5) is 21.8. The van der Waals surface area contributed by atoms with Crippen LogP contribution in [0.25, 0.3) is 0 Å². The van der Waals surface area contributed by atoms with E-state index in [1.54, 1.807) is 0 Å². The zero-order valence-corrected chi connectivity index (χ0v) is 11.6. The number of hydrogen-bond donors (Lipinski definition) is 3. The third-order valence-electron chi connectivity index (χ3n) is 2.44. The molecule has 0 bridgehead atoms. The number of hydrogen-bond acceptors (Lipinski definition) is 4. The number of rotatable bonds is 6. The fourth-order valence-corrected chi connectivity index (χ4v) is 1.53. The van der Waals surface area contributed by atoms with E-state index in [-0.39, 0.29) is 25.1 Å². The Labute approximate surface area is 128 Å². The number of amides is 2. The van der Waals surface area contributed by atoms with Crippen molar-refractivity contribution in [2.75, 3.05) is 11.9 Å². The summed E-state index contributed by atoms with van der Waals surface area (Å²) in [5.74, 6) is -1.67. The smallest absolute Gasteiger partial charge is 0.481 e. The number of aliphatic carboxylic acids is 1. The molecule has 0 spiro atoms. The average Bonchev–Trinajstić information content (AvgIpc) is 2.43. The Morgan fingerprint density at radius 2 is 2.04 bits per heavy atom. The van der Waals surface area contributed by atoms with Gasteiger partial charge in [-0.2, -0.15) is 5.26 Å². The summed E-state index contributed by atoms with van der Waals surface area (Å²) in [5.41, 5.74) is -0.308. The van der Waals surface area contributed by atoms with Gasteiger partial charge in [-0.3, -0.25) is 4.79 Å². The third kappa shape index (κ3) is 7.03. The van der Waals surface area contributed by atoms with E-state index in [1.165, 1.54) is 6.07 Å². The number of anilines is 1. The standard InChI is InChI=1S/C13H12F3N3O4/c14-13(15,16)23-10-4-3-9(6-8(10)7-17)19-12(22)18-5-1-2-11(20)21/h3-4,6H,1-2,5H2,(H,20,21)(H2,18,19,22). The van der Waals surface area contributed by atoms with Crippen molar-refractivity contribution in [2.24, 2.45) is 0 Å². The summed E-state index contributed by atoms with van der Waals surface area (Å²) in [6.45, 7) is 0.110. The van der Waals surface area contributed by atoms with Crippen molar-refractivity contribution >= 4 is 17.7 Å². The first-order valence-corrected chi connectivity index (χ1v) is 6.28. The van der Waals surface area contributed by atoms with Gasteiger partial charge in [-0.15, -0.1) is 13.2 Å². The molecule has 10 heteroatoms. The second-order valence-electron chi connectivity index (χ2n) is 4.25. The number of nitrogens with zero attached hydrogens (tertiary/aromatic N) is 1. The minimum absolute atomic E-state index is 0.0896. The lowest BCUT2D eigenvalue weighted by molar-refractivity contribution is -0.274. The number of ether oxygens (including phenoxy) is 1. The summed E-state index contributed by atoms with van der Waals surface area (Å²) < 4.78 is 40.1. The minimum Gasteiger partial charge on any atom is -0.481 e. The van der Waals surface area contributed by atoms with Crippen LogP contribution in [-0.4, -0.2) is 30.0 Å². The van der Waals surface area contributed by atoms with E-state index < -0.39 is 29.7 Å². The van der Waals surface area contributed by atoms with Crippen molar-refractivity contribution in [1.82, 2.24) is 5.32 Å². The van der Waals surface area contributed by atoms with E-state index in [0.717, 1.165) is 18.2 Å². The number of urea groups is 1. The van der Waals surface area contributed by atoms with Gasteiger partial charge in [-0.25, -0.2) is 4.79 Å². The van der Waals surface area contributed by atoms with Crippen LogP contribution in [0.15, 0.2) is 18.2 Å². The normalized spacial score (nSPS) is 10.5. The molecule has 0 radical (unpaired) electrons. The molecule has 0 saturated heterocycles. The van der Waals surface area contributed by atoms with Gasteiger partial charge in [-0.1, -0.05) is 0 Å². The molecule has 2 amide bonds. The Morgan fingerprint density at radius 1 is 1.35 bits per heavy atom. The second-order valence-corrected chi connectivity index (χ2v) is 4.25. The molecule has 0 atom stereocenters. The van der Waals surface area contributed by atoms with Gasteiger partial charge in [0.25, 0.3) is 0 Å². The number of carboxylic acids is 1. The lowest BCUT2D eigenvalue weighted by atomic mass is 10.2. The second kappa shape index (κ2) is 7.88. The molecule has 124 valence electrons. The van der Waals surface area contributed by atoms with Crippen LogP contribution in [0, 0.1) is 11.3 Å². The number of nitrogens with one attached hydrogen (secondary N) is 2. The maximum Gasteiger partial charge on any atom is 0.573 e. The molecule has 3 N–H and O–H groups in total. The van der Waals surface area contributed by atoms with Crippen LogP contribution in [0.5, 0.6) is 5.75 Å². The molecule has 0 aliphatic carbocycles. The average molecular weight is 331 g/mol. The van der Waals surface area contributed by atoms with Crippen LogP contribution in [0.1, 0.15) is 18.4 Å². The quantitative estimate of drug-likeness (QED) is 0.693. The van der Waals surface area contributed by atoms with E-state index in [4.69, 9.17) is 10.4 Å². The van der Waals surface area contributed by atoms with Gasteiger partial charge in [0.15, 0.2) is 0 Å². The molecule has 0 unspecified atom stereocenters. The van der Waals surface area contributed by atoms with Crippen LogP contribution in [-0.2, 0) is 4.79 Å². The summed E-state index contributed by atoms with van der Waals surface area (Å²) in [6, 6.07) is 3.93. The minimum atomic E-state index is -4.93. The van der Waals surface area contributed by atoms with E-state index in [9.17, 15) is 22.8 Å². The van der Waals surface area contributed by atoms with Crippen molar-refractivity contribution in [3.63, 3.8) is 0 Å². The highest BCUT2D eigenvalue weighted by Gasteiger charge is 2.32. The fraction of sp³-hybridized carbons (Fsp3) is 0.308. The highest BCUT2D eigenvalue weighted by atomic mass is 19.4. The highest BCUT2D eigenvalue weighted by molar-refractivity contribution is 5.89. The van der Waals surface area contributed by atoms with Gasteiger partial charge in [-0.05, 0) is 24.6 Å². The maximum absolute atomic E-state index is 12.1. The number of carbonyl (C=O) groups is 2. The van der Waals surface area contributed by atoms with Crippen molar-refractivity contribution in [1.29, 1.82) is 5.26 Å². The topological polar surface area (TPSA) is 111 Å². The predicted octanol–water partition coefficient (Wildman–Crippen LogP) is 2.44. The van der Waals surface area contributed by atoms with Crippen LogP contribution in [0.3, 0.4) is 0 Å². The number of benzene rings is 1. The monoisotopic (exact) mass is 331 g/mol. The Hall–Kier alpha value is -2.96. The molecular formula is C13H12F3N3O4. The van der Waals surface area contributed by atoms with E-state index in [2.05, 4.69) is 15.4 Å². The van der Waals surface area contributed by atoms with E-state index >= 15 is 0 Å². The summed E-state index contributed by atoms with van der Waals surface area (Å²) in [5, 5.41) is 21.9. The zero-order valence-electron chi connectivity index (χ0n) is 11.6. The first kappa shape index (κ1) is 18.1. The number of carbonyl (C=O) groups excluding carboxylic acids is 1. The molecule has 1 aromatic rings.